The fraction of sp³-hybridized carbons (Fsp3) is 0.303. The van der Waals surface area contributed by atoms with Gasteiger partial charge in [-0.1, -0.05) is 59.8 Å². The van der Waals surface area contributed by atoms with Crippen molar-refractivity contribution in [3.05, 3.63) is 95.2 Å². The number of carbonyl (C=O) groups is 1. The Labute approximate surface area is 258 Å². The van der Waals surface area contributed by atoms with E-state index in [2.05, 4.69) is 10.1 Å². The molecule has 0 aliphatic carbocycles. The lowest BCUT2D eigenvalue weighted by Gasteiger charge is -2.40. The van der Waals surface area contributed by atoms with Gasteiger partial charge in [0.1, 0.15) is 24.2 Å². The molecular formula is C33H32N3O7S-. The third kappa shape index (κ3) is 6.85. The Balaban J connectivity index is 1.15. The van der Waals surface area contributed by atoms with Gasteiger partial charge in [0.2, 0.25) is 5.82 Å². The lowest BCUT2D eigenvalue weighted by molar-refractivity contribution is -0.268. The van der Waals surface area contributed by atoms with Crippen molar-refractivity contribution in [3.63, 3.8) is 0 Å². The van der Waals surface area contributed by atoms with E-state index in [-0.39, 0.29) is 31.8 Å². The topological polar surface area (TPSA) is 119 Å². The molecule has 3 heterocycles. The minimum absolute atomic E-state index is 0.0257. The summed E-state index contributed by atoms with van der Waals surface area (Å²) in [6, 6.07) is 23.7. The summed E-state index contributed by atoms with van der Waals surface area (Å²) < 4.78 is 29.0. The molecule has 228 valence electrons. The number of fused-ring (bicyclic) bond motifs is 1. The first-order chi connectivity index (χ1) is 21.6. The molecule has 0 bridgehead atoms. The Kier molecular flexibility index (Phi) is 9.35. The smallest absolute Gasteiger partial charge is 0.264 e. The SMILES string of the molecule is COCCOc1c(COC2CN(C(=O)[O-])CCC2c2ccc(OCc3nc(-c4cccs4)no3)cc2)ccc2ccccc12. The predicted octanol–water partition coefficient (Wildman–Crippen LogP) is 5.27. The minimum atomic E-state index is -1.20. The van der Waals surface area contributed by atoms with E-state index in [4.69, 9.17) is 23.5 Å². The lowest BCUT2D eigenvalue weighted by atomic mass is 9.87. The average molecular weight is 615 g/mol. The average Bonchev–Trinajstić information content (AvgIpc) is 3.76. The normalized spacial score (nSPS) is 16.7. The maximum Gasteiger partial charge on any atom is 0.264 e. The van der Waals surface area contributed by atoms with Crippen LogP contribution in [0.2, 0.25) is 0 Å². The van der Waals surface area contributed by atoms with E-state index in [1.54, 1.807) is 18.4 Å². The fourth-order valence-electron chi connectivity index (χ4n) is 5.40. The third-order valence-corrected chi connectivity index (χ3v) is 8.51. The summed E-state index contributed by atoms with van der Waals surface area (Å²) in [5, 5.41) is 19.8. The van der Waals surface area contributed by atoms with Gasteiger partial charge in [-0.15, -0.1) is 11.3 Å². The molecule has 44 heavy (non-hydrogen) atoms. The molecule has 0 saturated carbocycles. The summed E-state index contributed by atoms with van der Waals surface area (Å²) in [6.07, 6.45) is -0.986. The highest BCUT2D eigenvalue weighted by Crippen LogP contribution is 2.35. The Morgan fingerprint density at radius 2 is 1.89 bits per heavy atom. The van der Waals surface area contributed by atoms with Crippen LogP contribution < -0.4 is 14.6 Å². The van der Waals surface area contributed by atoms with E-state index in [0.29, 0.717) is 43.6 Å². The van der Waals surface area contributed by atoms with Crippen molar-refractivity contribution in [3.8, 4) is 22.2 Å². The number of methoxy groups -OCH3 is 1. The molecule has 0 spiro atoms. The first-order valence-corrected chi connectivity index (χ1v) is 15.3. The Hall–Kier alpha value is -4.45. The standard InChI is InChI=1S/C33H33N3O7S/c1-39-16-17-40-31-24(9-8-22-5-2-3-6-27(22)31)20-42-28-19-36(33(37)38)15-14-26(28)23-10-12-25(13-11-23)41-21-30-34-32(35-43-30)29-7-4-18-44-29/h2-13,18,26,28H,14-17,19-21H2,1H3,(H,37,38)/p-1. The summed E-state index contributed by atoms with van der Waals surface area (Å²) in [6.45, 7) is 1.85. The number of hydrogen-bond donors (Lipinski definition) is 0. The zero-order chi connectivity index (χ0) is 30.3. The van der Waals surface area contributed by atoms with Crippen LogP contribution in [0.3, 0.4) is 0 Å². The van der Waals surface area contributed by atoms with Crippen LogP contribution in [0.15, 0.2) is 82.7 Å². The summed E-state index contributed by atoms with van der Waals surface area (Å²) in [4.78, 5) is 18.4. The number of likely N-dealkylation sites (tertiary alicyclic amines) is 1. The van der Waals surface area contributed by atoms with Crippen LogP contribution in [0.1, 0.15) is 29.4 Å². The zero-order valence-electron chi connectivity index (χ0n) is 24.2. The molecule has 1 aliphatic rings. The molecule has 1 saturated heterocycles. The van der Waals surface area contributed by atoms with Crippen LogP contribution in [0.5, 0.6) is 11.5 Å². The number of benzene rings is 3. The molecule has 2 unspecified atom stereocenters. The van der Waals surface area contributed by atoms with Crippen molar-refractivity contribution in [2.24, 2.45) is 0 Å². The van der Waals surface area contributed by atoms with Crippen molar-refractivity contribution >= 4 is 28.2 Å². The van der Waals surface area contributed by atoms with Gasteiger partial charge < -0.3 is 38.3 Å². The highest BCUT2D eigenvalue weighted by atomic mass is 32.1. The first-order valence-electron chi connectivity index (χ1n) is 14.4. The number of rotatable bonds is 12. The highest BCUT2D eigenvalue weighted by molar-refractivity contribution is 7.13. The number of amides is 1. The van der Waals surface area contributed by atoms with E-state index in [1.165, 1.54) is 4.90 Å². The van der Waals surface area contributed by atoms with E-state index in [1.807, 2.05) is 78.2 Å². The summed E-state index contributed by atoms with van der Waals surface area (Å²) >= 11 is 1.54. The highest BCUT2D eigenvalue weighted by Gasteiger charge is 2.32. The Morgan fingerprint density at radius 1 is 1.02 bits per heavy atom. The van der Waals surface area contributed by atoms with Crippen LogP contribution in [0.4, 0.5) is 4.79 Å². The maximum atomic E-state index is 11.8. The van der Waals surface area contributed by atoms with Gasteiger partial charge in [-0.05, 0) is 40.9 Å². The molecule has 11 heteroatoms. The maximum absolute atomic E-state index is 11.8. The molecule has 1 aliphatic heterocycles. The lowest BCUT2D eigenvalue weighted by Crippen LogP contribution is -2.51. The van der Waals surface area contributed by atoms with Gasteiger partial charge in [-0.2, -0.15) is 4.98 Å². The molecule has 5 aromatic rings. The zero-order valence-corrected chi connectivity index (χ0v) is 25.0. The van der Waals surface area contributed by atoms with Crippen molar-refractivity contribution in [2.75, 3.05) is 33.4 Å². The molecule has 3 aromatic carbocycles. The number of piperidine rings is 1. The second kappa shape index (κ2) is 13.9. The molecule has 1 fully saturated rings. The number of hydrogen-bond acceptors (Lipinski definition) is 10. The molecule has 2 atom stereocenters. The molecule has 10 nitrogen and oxygen atoms in total. The summed E-state index contributed by atoms with van der Waals surface area (Å²) in [5.41, 5.74) is 1.92. The number of aromatic nitrogens is 2. The van der Waals surface area contributed by atoms with Gasteiger partial charge in [0.15, 0.2) is 6.61 Å². The van der Waals surface area contributed by atoms with E-state index < -0.39 is 6.09 Å². The van der Waals surface area contributed by atoms with E-state index in [0.717, 1.165) is 32.5 Å². The van der Waals surface area contributed by atoms with Crippen LogP contribution in [0.25, 0.3) is 21.5 Å². The van der Waals surface area contributed by atoms with Crippen molar-refractivity contribution in [2.45, 2.75) is 31.7 Å². The largest absolute Gasteiger partial charge is 0.530 e. The van der Waals surface area contributed by atoms with E-state index in [9.17, 15) is 9.90 Å². The number of nitrogens with zero attached hydrogens (tertiary/aromatic N) is 3. The minimum Gasteiger partial charge on any atom is -0.530 e. The fourth-order valence-corrected chi connectivity index (χ4v) is 6.05. The number of carboxylic acid groups (broad SMARTS) is 1. The summed E-state index contributed by atoms with van der Waals surface area (Å²) in [5.74, 6) is 2.31. The first kappa shape index (κ1) is 29.6. The summed E-state index contributed by atoms with van der Waals surface area (Å²) in [7, 11) is 1.64. The quantitative estimate of drug-likeness (QED) is 0.173. The number of thiophene rings is 1. The molecule has 0 N–H and O–H groups in total. The van der Waals surface area contributed by atoms with Gasteiger partial charge in [-0.25, -0.2) is 0 Å². The van der Waals surface area contributed by atoms with Gasteiger partial charge >= 0.3 is 0 Å². The van der Waals surface area contributed by atoms with Gasteiger partial charge in [0.05, 0.1) is 24.2 Å². The molecule has 1 amide bonds. The van der Waals surface area contributed by atoms with Gasteiger partial charge in [-0.3, -0.25) is 0 Å². The second-order valence-electron chi connectivity index (χ2n) is 10.4. The number of carbonyl (C=O) groups excluding carboxylic acids is 1. The third-order valence-electron chi connectivity index (χ3n) is 7.65. The van der Waals surface area contributed by atoms with Crippen molar-refractivity contribution in [1.29, 1.82) is 0 Å². The number of ether oxygens (including phenoxy) is 4. The molecule has 0 radical (unpaired) electrons. The van der Waals surface area contributed by atoms with Gasteiger partial charge in [0, 0.05) is 37.1 Å². The van der Waals surface area contributed by atoms with E-state index >= 15 is 0 Å². The van der Waals surface area contributed by atoms with Gasteiger partial charge in [0.25, 0.3) is 5.89 Å². The van der Waals surface area contributed by atoms with Crippen LogP contribution in [0, 0.1) is 0 Å². The van der Waals surface area contributed by atoms with Crippen LogP contribution >= 0.6 is 11.3 Å². The van der Waals surface area contributed by atoms with Crippen LogP contribution in [-0.4, -0.2) is 60.7 Å². The second-order valence-corrected chi connectivity index (χ2v) is 11.4. The van der Waals surface area contributed by atoms with Crippen molar-refractivity contribution < 1.29 is 33.4 Å². The monoisotopic (exact) mass is 614 g/mol. The molecule has 2 aromatic heterocycles. The Morgan fingerprint density at radius 3 is 2.68 bits per heavy atom. The molecular weight excluding hydrogens is 582 g/mol. The Bertz CT molecular complexity index is 1670. The predicted molar refractivity (Wildman–Crippen MR) is 163 cm³/mol. The van der Waals surface area contributed by atoms with Crippen molar-refractivity contribution in [1.82, 2.24) is 15.0 Å². The molecule has 6 rings (SSSR count). The van der Waals surface area contributed by atoms with Crippen LogP contribution in [-0.2, 0) is 22.7 Å².